The second-order valence-electron chi connectivity index (χ2n) is 5.43. The monoisotopic (exact) mass is 378 g/mol. The van der Waals surface area contributed by atoms with Crippen molar-refractivity contribution in [2.45, 2.75) is 45.2 Å². The van der Waals surface area contributed by atoms with E-state index in [1.807, 2.05) is 19.9 Å². The molecule has 140 valence electrons. The highest BCUT2D eigenvalue weighted by Gasteiger charge is 2.17. The number of esters is 1. The molecule has 0 aliphatic heterocycles. The van der Waals surface area contributed by atoms with Gasteiger partial charge < -0.3 is 10.1 Å². The Labute approximate surface area is 156 Å². The summed E-state index contributed by atoms with van der Waals surface area (Å²) in [7, 11) is 0. The van der Waals surface area contributed by atoms with Crippen molar-refractivity contribution in [2.75, 3.05) is 12.4 Å². The summed E-state index contributed by atoms with van der Waals surface area (Å²) in [6.45, 7) is 7.27. The Bertz CT molecular complexity index is 730. The number of nitrogens with zero attached hydrogens (tertiary/aromatic N) is 2. The molecule has 9 heteroatoms. The smallest absolute Gasteiger partial charge is 0.340 e. The van der Waals surface area contributed by atoms with Crippen molar-refractivity contribution in [1.29, 1.82) is 5.26 Å². The van der Waals surface area contributed by atoms with Crippen LogP contribution < -0.4 is 10.6 Å². The largest absolute Gasteiger partial charge is 0.462 e. The van der Waals surface area contributed by atoms with E-state index >= 15 is 0 Å². The third-order valence-electron chi connectivity index (χ3n) is 3.38. The number of amides is 3. The van der Waals surface area contributed by atoms with Gasteiger partial charge in [-0.05, 0) is 33.3 Å². The topological polar surface area (TPSA) is 121 Å². The summed E-state index contributed by atoms with van der Waals surface area (Å²) in [6, 6.07) is 2.75. The molecule has 26 heavy (non-hydrogen) atoms. The number of pyridine rings is 1. The molecule has 2 N–H and O–H groups in total. The van der Waals surface area contributed by atoms with Crippen LogP contribution in [0.2, 0.25) is 0 Å². The van der Waals surface area contributed by atoms with Gasteiger partial charge in [0.1, 0.15) is 11.1 Å². The van der Waals surface area contributed by atoms with E-state index in [2.05, 4.69) is 15.6 Å². The summed E-state index contributed by atoms with van der Waals surface area (Å²) < 4.78 is 4.93. The Morgan fingerprint density at radius 2 is 2.08 bits per heavy atom. The zero-order valence-electron chi connectivity index (χ0n) is 15.2. The number of ether oxygens (including phenoxy) is 1. The van der Waals surface area contributed by atoms with Gasteiger partial charge in [-0.3, -0.25) is 10.1 Å². The maximum absolute atomic E-state index is 11.9. The van der Waals surface area contributed by atoms with Gasteiger partial charge in [0.05, 0.1) is 29.2 Å². The number of thioether (sulfide) groups is 1. The molecule has 3 amide bonds. The number of nitrogens with one attached hydrogen (secondary N) is 2. The van der Waals surface area contributed by atoms with Crippen LogP contribution in [0.25, 0.3) is 0 Å². The van der Waals surface area contributed by atoms with Crippen LogP contribution in [0, 0.1) is 18.3 Å². The molecule has 0 spiro atoms. The van der Waals surface area contributed by atoms with E-state index < -0.39 is 17.9 Å². The molecule has 0 radical (unpaired) electrons. The summed E-state index contributed by atoms with van der Waals surface area (Å²) in [5, 5.41) is 14.4. The van der Waals surface area contributed by atoms with Crippen molar-refractivity contribution >= 4 is 29.7 Å². The number of hydrogen-bond acceptors (Lipinski definition) is 7. The standard InChI is InChI=1S/C17H22N4O4S/c1-5-10(3)19-17(24)21-14(22)9-26-15-12(8-18)7-13(11(4)20-15)16(23)25-6-2/h7,10H,5-6,9H2,1-4H3,(H2,19,21,22,24)/t10-/m0/s1. The van der Waals surface area contributed by atoms with E-state index in [0.717, 1.165) is 18.2 Å². The number of hydrogen-bond donors (Lipinski definition) is 2. The highest BCUT2D eigenvalue weighted by atomic mass is 32.2. The lowest BCUT2D eigenvalue weighted by Crippen LogP contribution is -2.43. The van der Waals surface area contributed by atoms with Crippen LogP contribution in [0.5, 0.6) is 0 Å². The Morgan fingerprint density at radius 3 is 2.65 bits per heavy atom. The number of aryl methyl sites for hydroxylation is 1. The number of carbonyl (C=O) groups excluding carboxylic acids is 3. The molecule has 0 aliphatic rings. The number of aromatic nitrogens is 1. The van der Waals surface area contributed by atoms with Crippen molar-refractivity contribution in [1.82, 2.24) is 15.6 Å². The summed E-state index contributed by atoms with van der Waals surface area (Å²) >= 11 is 1.02. The van der Waals surface area contributed by atoms with Gasteiger partial charge in [0, 0.05) is 6.04 Å². The Hall–Kier alpha value is -2.60. The van der Waals surface area contributed by atoms with Crippen molar-refractivity contribution in [2.24, 2.45) is 0 Å². The molecule has 0 aromatic carbocycles. The van der Waals surface area contributed by atoms with Crippen LogP contribution in [0.1, 0.15) is 48.8 Å². The van der Waals surface area contributed by atoms with Crippen LogP contribution in [0.4, 0.5) is 4.79 Å². The highest BCUT2D eigenvalue weighted by molar-refractivity contribution is 8.00. The minimum absolute atomic E-state index is 0.0413. The lowest BCUT2D eigenvalue weighted by atomic mass is 10.1. The third kappa shape index (κ3) is 6.37. The van der Waals surface area contributed by atoms with Crippen molar-refractivity contribution in [3.05, 3.63) is 22.9 Å². The van der Waals surface area contributed by atoms with Crippen molar-refractivity contribution < 1.29 is 19.1 Å². The van der Waals surface area contributed by atoms with Gasteiger partial charge >= 0.3 is 12.0 Å². The van der Waals surface area contributed by atoms with Crippen molar-refractivity contribution in [3.8, 4) is 6.07 Å². The fourth-order valence-corrected chi connectivity index (χ4v) is 2.65. The van der Waals surface area contributed by atoms with Gasteiger partial charge in [0.15, 0.2) is 0 Å². The van der Waals surface area contributed by atoms with E-state index in [1.165, 1.54) is 6.07 Å². The summed E-state index contributed by atoms with van der Waals surface area (Å²) in [5.74, 6) is -1.15. The summed E-state index contributed by atoms with van der Waals surface area (Å²) in [5.41, 5.74) is 0.783. The Balaban J connectivity index is 2.77. The Morgan fingerprint density at radius 1 is 1.38 bits per heavy atom. The highest BCUT2D eigenvalue weighted by Crippen LogP contribution is 2.23. The van der Waals surface area contributed by atoms with Gasteiger partial charge in [-0.25, -0.2) is 14.6 Å². The first-order valence-corrected chi connectivity index (χ1v) is 9.12. The average Bonchev–Trinajstić information content (AvgIpc) is 2.59. The molecular formula is C17H22N4O4S. The summed E-state index contributed by atoms with van der Waals surface area (Å²) in [4.78, 5) is 39.6. The molecule has 1 aromatic rings. The van der Waals surface area contributed by atoms with E-state index in [0.29, 0.717) is 10.7 Å². The number of nitriles is 1. The maximum atomic E-state index is 11.9. The first-order chi connectivity index (χ1) is 12.3. The lowest BCUT2D eigenvalue weighted by molar-refractivity contribution is -0.117. The fourth-order valence-electron chi connectivity index (χ4n) is 1.85. The molecular weight excluding hydrogens is 356 g/mol. The van der Waals surface area contributed by atoms with E-state index in [-0.39, 0.29) is 29.5 Å². The molecule has 1 heterocycles. The van der Waals surface area contributed by atoms with Gasteiger partial charge in [-0.2, -0.15) is 5.26 Å². The molecule has 8 nitrogen and oxygen atoms in total. The Kier molecular flexibility index (Phi) is 8.58. The number of urea groups is 1. The molecule has 0 fully saturated rings. The van der Waals surface area contributed by atoms with Crippen molar-refractivity contribution in [3.63, 3.8) is 0 Å². The first-order valence-electron chi connectivity index (χ1n) is 8.14. The molecule has 0 saturated heterocycles. The molecule has 1 rings (SSSR count). The molecule has 0 unspecified atom stereocenters. The lowest BCUT2D eigenvalue weighted by Gasteiger charge is -2.12. The summed E-state index contributed by atoms with van der Waals surface area (Å²) in [6.07, 6.45) is 0.748. The predicted molar refractivity (Wildman–Crippen MR) is 96.8 cm³/mol. The maximum Gasteiger partial charge on any atom is 0.340 e. The molecule has 1 aromatic heterocycles. The van der Waals surface area contributed by atoms with E-state index in [1.54, 1.807) is 13.8 Å². The number of rotatable bonds is 7. The van der Waals surface area contributed by atoms with Gasteiger partial charge in [-0.1, -0.05) is 18.7 Å². The molecule has 1 atom stereocenters. The quantitative estimate of drug-likeness (QED) is 0.551. The van der Waals surface area contributed by atoms with E-state index in [9.17, 15) is 19.6 Å². The van der Waals surface area contributed by atoms with Crippen LogP contribution in [0.3, 0.4) is 0 Å². The molecule has 0 saturated carbocycles. The molecule has 0 bridgehead atoms. The van der Waals surface area contributed by atoms with E-state index in [4.69, 9.17) is 4.74 Å². The van der Waals surface area contributed by atoms with Gasteiger partial charge in [0.25, 0.3) is 0 Å². The van der Waals surface area contributed by atoms with Crippen LogP contribution in [-0.2, 0) is 9.53 Å². The second kappa shape index (κ2) is 10.4. The van der Waals surface area contributed by atoms with Crippen LogP contribution in [-0.4, -0.2) is 41.3 Å². The minimum atomic E-state index is -0.563. The molecule has 0 aliphatic carbocycles. The van der Waals surface area contributed by atoms with Crippen LogP contribution >= 0.6 is 11.8 Å². The number of imide groups is 1. The zero-order chi connectivity index (χ0) is 19.7. The van der Waals surface area contributed by atoms with Gasteiger partial charge in [0.2, 0.25) is 5.91 Å². The first kappa shape index (κ1) is 21.4. The van der Waals surface area contributed by atoms with Crippen LogP contribution in [0.15, 0.2) is 11.1 Å². The average molecular weight is 378 g/mol. The minimum Gasteiger partial charge on any atom is -0.462 e. The SMILES string of the molecule is CCOC(=O)c1cc(C#N)c(SCC(=O)NC(=O)N[C@@H](C)CC)nc1C. The predicted octanol–water partition coefficient (Wildman–Crippen LogP) is 2.15. The second-order valence-corrected chi connectivity index (χ2v) is 6.39. The normalized spacial score (nSPS) is 11.2. The fraction of sp³-hybridized carbons (Fsp3) is 0.471. The third-order valence-corrected chi connectivity index (χ3v) is 4.37. The zero-order valence-corrected chi connectivity index (χ0v) is 16.0. The van der Waals surface area contributed by atoms with Gasteiger partial charge in [-0.15, -0.1) is 0 Å². The number of carbonyl (C=O) groups is 3.